The first-order valence-corrected chi connectivity index (χ1v) is 7.09. The number of hydrogen-bond acceptors (Lipinski definition) is 1. The van der Waals surface area contributed by atoms with Gasteiger partial charge in [-0.05, 0) is 36.3 Å². The fraction of sp³-hybridized carbons (Fsp3) is 0.562. The van der Waals surface area contributed by atoms with Gasteiger partial charge in [0.1, 0.15) is 0 Å². The number of carbonyl (C=O) groups excluding carboxylic acids is 1. The predicted octanol–water partition coefficient (Wildman–Crippen LogP) is 3.79. The van der Waals surface area contributed by atoms with Crippen molar-refractivity contribution >= 4 is 5.91 Å². The minimum atomic E-state index is -0.286. The molecule has 0 heterocycles. The number of benzene rings is 1. The van der Waals surface area contributed by atoms with Crippen molar-refractivity contribution in [2.45, 2.75) is 57.3 Å². The zero-order valence-corrected chi connectivity index (χ0v) is 11.2. The monoisotopic (exact) mass is 245 g/mol. The van der Waals surface area contributed by atoms with E-state index in [2.05, 4.69) is 13.0 Å². The van der Waals surface area contributed by atoms with E-state index in [9.17, 15) is 4.79 Å². The van der Waals surface area contributed by atoms with Gasteiger partial charge < -0.3 is 5.73 Å². The Bertz CT molecular complexity index is 413. The molecule has 1 fully saturated rings. The molecular weight excluding hydrogens is 222 g/mol. The molecule has 2 nitrogen and oxygen atoms in total. The summed E-state index contributed by atoms with van der Waals surface area (Å²) in [6, 6.07) is 7.94. The Balaban J connectivity index is 2.44. The van der Waals surface area contributed by atoms with E-state index >= 15 is 0 Å². The normalized spacial score (nSPS) is 18.5. The van der Waals surface area contributed by atoms with Crippen LogP contribution in [-0.4, -0.2) is 5.91 Å². The smallest absolute Gasteiger partial charge is 0.248 e. The Morgan fingerprint density at radius 2 is 1.89 bits per heavy atom. The van der Waals surface area contributed by atoms with E-state index in [1.54, 1.807) is 0 Å². The number of rotatable bonds is 4. The van der Waals surface area contributed by atoms with Crippen LogP contribution in [0.15, 0.2) is 24.3 Å². The van der Waals surface area contributed by atoms with Gasteiger partial charge in [0.25, 0.3) is 0 Å². The summed E-state index contributed by atoms with van der Waals surface area (Å²) in [5.41, 5.74) is 7.65. The van der Waals surface area contributed by atoms with Crippen LogP contribution in [0.1, 0.15) is 67.8 Å². The molecule has 1 amide bonds. The molecule has 1 saturated carbocycles. The first-order chi connectivity index (χ1) is 8.69. The van der Waals surface area contributed by atoms with Gasteiger partial charge in [0.15, 0.2) is 0 Å². The molecule has 18 heavy (non-hydrogen) atoms. The van der Waals surface area contributed by atoms with E-state index in [0.29, 0.717) is 0 Å². The molecule has 0 aromatic heterocycles. The summed E-state index contributed by atoms with van der Waals surface area (Å²) < 4.78 is 0. The van der Waals surface area contributed by atoms with Crippen LogP contribution in [0.3, 0.4) is 0 Å². The van der Waals surface area contributed by atoms with Gasteiger partial charge >= 0.3 is 0 Å². The van der Waals surface area contributed by atoms with Crippen LogP contribution in [0.25, 0.3) is 0 Å². The van der Waals surface area contributed by atoms with Crippen LogP contribution in [-0.2, 0) is 5.41 Å². The number of carbonyl (C=O) groups is 1. The molecule has 0 aliphatic heterocycles. The SMILES string of the molecule is CCCC1(c2ccccc2C(N)=O)CCCCC1. The Morgan fingerprint density at radius 3 is 2.50 bits per heavy atom. The van der Waals surface area contributed by atoms with Gasteiger partial charge in [0, 0.05) is 5.56 Å². The molecule has 0 spiro atoms. The summed E-state index contributed by atoms with van der Waals surface area (Å²) in [6.45, 7) is 2.23. The van der Waals surface area contributed by atoms with Gasteiger partial charge in [-0.1, -0.05) is 50.8 Å². The fourth-order valence-electron chi connectivity index (χ4n) is 3.52. The molecular formula is C16H23NO. The van der Waals surface area contributed by atoms with Crippen LogP contribution in [0, 0.1) is 0 Å². The summed E-state index contributed by atoms with van der Waals surface area (Å²) in [5, 5.41) is 0. The Kier molecular flexibility index (Phi) is 4.05. The van der Waals surface area contributed by atoms with Crippen molar-refractivity contribution in [1.29, 1.82) is 0 Å². The van der Waals surface area contributed by atoms with E-state index in [-0.39, 0.29) is 11.3 Å². The number of hydrogen-bond donors (Lipinski definition) is 1. The van der Waals surface area contributed by atoms with Gasteiger partial charge in [-0.2, -0.15) is 0 Å². The van der Waals surface area contributed by atoms with Gasteiger partial charge in [-0.15, -0.1) is 0 Å². The molecule has 0 radical (unpaired) electrons. The summed E-state index contributed by atoms with van der Waals surface area (Å²) in [7, 11) is 0. The average Bonchev–Trinajstić information content (AvgIpc) is 2.40. The van der Waals surface area contributed by atoms with Gasteiger partial charge in [-0.3, -0.25) is 4.79 Å². The van der Waals surface area contributed by atoms with E-state index in [0.717, 1.165) is 18.4 Å². The molecule has 0 atom stereocenters. The summed E-state index contributed by atoms with van der Waals surface area (Å²) >= 11 is 0. The topological polar surface area (TPSA) is 43.1 Å². The van der Waals surface area contributed by atoms with Gasteiger partial charge in [-0.25, -0.2) is 0 Å². The molecule has 2 heteroatoms. The second-order valence-corrected chi connectivity index (χ2v) is 5.50. The quantitative estimate of drug-likeness (QED) is 0.861. The van der Waals surface area contributed by atoms with Crippen LogP contribution in [0.5, 0.6) is 0 Å². The van der Waals surface area contributed by atoms with E-state index in [1.165, 1.54) is 37.7 Å². The van der Waals surface area contributed by atoms with Crippen LogP contribution >= 0.6 is 0 Å². The highest BCUT2D eigenvalue weighted by molar-refractivity contribution is 5.94. The molecule has 2 rings (SSSR count). The molecule has 98 valence electrons. The molecule has 0 unspecified atom stereocenters. The third kappa shape index (κ3) is 2.43. The number of nitrogens with two attached hydrogens (primary N) is 1. The Labute approximate surface area is 110 Å². The Hall–Kier alpha value is -1.31. The molecule has 1 aliphatic carbocycles. The van der Waals surface area contributed by atoms with Crippen molar-refractivity contribution in [3.8, 4) is 0 Å². The van der Waals surface area contributed by atoms with Crippen LogP contribution in [0.4, 0.5) is 0 Å². The van der Waals surface area contributed by atoms with Crippen molar-refractivity contribution in [1.82, 2.24) is 0 Å². The standard InChI is InChI=1S/C16H23NO/c1-2-10-16(11-6-3-7-12-16)14-9-5-4-8-13(14)15(17)18/h4-5,8-9H,2-3,6-7,10-12H2,1H3,(H2,17,18). The highest BCUT2D eigenvalue weighted by Gasteiger charge is 2.35. The molecule has 1 aliphatic rings. The van der Waals surface area contributed by atoms with E-state index in [1.807, 2.05) is 18.2 Å². The number of primary amides is 1. The van der Waals surface area contributed by atoms with Crippen LogP contribution in [0.2, 0.25) is 0 Å². The third-order valence-electron chi connectivity index (χ3n) is 4.30. The zero-order valence-electron chi connectivity index (χ0n) is 11.2. The molecule has 1 aromatic carbocycles. The first kappa shape index (κ1) is 13.1. The lowest BCUT2D eigenvalue weighted by atomic mass is 9.65. The largest absolute Gasteiger partial charge is 0.366 e. The summed E-state index contributed by atoms with van der Waals surface area (Å²) in [4.78, 5) is 11.6. The van der Waals surface area contributed by atoms with Crippen LogP contribution < -0.4 is 5.73 Å². The molecule has 0 bridgehead atoms. The van der Waals surface area contributed by atoms with Crippen molar-refractivity contribution < 1.29 is 4.79 Å². The zero-order chi connectivity index (χ0) is 13.0. The van der Waals surface area contributed by atoms with E-state index in [4.69, 9.17) is 5.73 Å². The Morgan fingerprint density at radius 1 is 1.22 bits per heavy atom. The minimum Gasteiger partial charge on any atom is -0.366 e. The minimum absolute atomic E-state index is 0.193. The second kappa shape index (κ2) is 5.55. The average molecular weight is 245 g/mol. The van der Waals surface area contributed by atoms with Crippen molar-refractivity contribution in [2.24, 2.45) is 5.73 Å². The maximum Gasteiger partial charge on any atom is 0.248 e. The highest BCUT2D eigenvalue weighted by atomic mass is 16.1. The second-order valence-electron chi connectivity index (χ2n) is 5.50. The maximum atomic E-state index is 11.6. The lowest BCUT2D eigenvalue weighted by Crippen LogP contribution is -2.32. The fourth-order valence-corrected chi connectivity index (χ4v) is 3.52. The van der Waals surface area contributed by atoms with Crippen molar-refractivity contribution in [3.05, 3.63) is 35.4 Å². The highest BCUT2D eigenvalue weighted by Crippen LogP contribution is 2.44. The first-order valence-electron chi connectivity index (χ1n) is 7.09. The molecule has 1 aromatic rings. The molecule has 2 N–H and O–H groups in total. The van der Waals surface area contributed by atoms with Gasteiger partial charge in [0.05, 0.1) is 0 Å². The summed E-state index contributed by atoms with van der Waals surface area (Å²) in [5.74, 6) is -0.286. The lowest BCUT2D eigenvalue weighted by Gasteiger charge is -2.39. The van der Waals surface area contributed by atoms with E-state index < -0.39 is 0 Å². The van der Waals surface area contributed by atoms with Crippen molar-refractivity contribution in [2.75, 3.05) is 0 Å². The predicted molar refractivity (Wildman–Crippen MR) is 74.6 cm³/mol. The van der Waals surface area contributed by atoms with Gasteiger partial charge in [0.2, 0.25) is 5.91 Å². The third-order valence-corrected chi connectivity index (χ3v) is 4.30. The summed E-state index contributed by atoms with van der Waals surface area (Å²) in [6.07, 6.45) is 8.59. The number of amides is 1. The van der Waals surface area contributed by atoms with Crippen molar-refractivity contribution in [3.63, 3.8) is 0 Å². The molecule has 0 saturated heterocycles. The maximum absolute atomic E-state index is 11.6. The lowest BCUT2D eigenvalue weighted by molar-refractivity contribution is 0.0996.